The van der Waals surface area contributed by atoms with Crippen LogP contribution in [-0.2, 0) is 4.74 Å². The van der Waals surface area contributed by atoms with Crippen molar-refractivity contribution in [1.82, 2.24) is 15.5 Å². The lowest BCUT2D eigenvalue weighted by molar-refractivity contribution is -0.0174. The zero-order chi connectivity index (χ0) is 18.9. The second-order valence-corrected chi connectivity index (χ2v) is 7.09. The van der Waals surface area contributed by atoms with Crippen LogP contribution in [-0.4, -0.2) is 68.9 Å². The highest BCUT2D eigenvalue weighted by atomic mass is 127. The number of halogens is 1. The van der Waals surface area contributed by atoms with E-state index in [1.54, 1.807) is 7.05 Å². The third-order valence-corrected chi connectivity index (χ3v) is 4.66. The highest BCUT2D eigenvalue weighted by Gasteiger charge is 2.23. The molecule has 0 aromatic heterocycles. The van der Waals surface area contributed by atoms with E-state index in [2.05, 4.69) is 60.4 Å². The average Bonchev–Trinajstić information content (AvgIpc) is 2.62. The molecule has 0 bridgehead atoms. The molecule has 2 rings (SSSR count). The molecule has 1 fully saturated rings. The zero-order valence-corrected chi connectivity index (χ0v) is 19.5. The number of hydrogen-bond acceptors (Lipinski definition) is 4. The third kappa shape index (κ3) is 8.23. The van der Waals surface area contributed by atoms with Gasteiger partial charge in [-0.3, -0.25) is 9.89 Å². The van der Waals surface area contributed by atoms with Gasteiger partial charge in [-0.1, -0.05) is 12.1 Å². The fourth-order valence-electron chi connectivity index (χ4n) is 3.18. The van der Waals surface area contributed by atoms with Crippen molar-refractivity contribution < 1.29 is 9.47 Å². The van der Waals surface area contributed by atoms with Crippen LogP contribution in [0.3, 0.4) is 0 Å². The lowest BCUT2D eigenvalue weighted by atomic mass is 10.2. The van der Waals surface area contributed by atoms with Crippen LogP contribution >= 0.6 is 24.0 Å². The lowest BCUT2D eigenvalue weighted by Gasteiger charge is -2.38. The number of aliphatic imine (C=N–C) groups is 1. The van der Waals surface area contributed by atoms with E-state index >= 15 is 0 Å². The fourth-order valence-corrected chi connectivity index (χ4v) is 3.18. The molecular weight excluding hydrogens is 455 g/mol. The summed E-state index contributed by atoms with van der Waals surface area (Å²) in [6.07, 6.45) is 0.0482. The highest BCUT2D eigenvalue weighted by Crippen LogP contribution is 2.14. The normalized spacial score (nSPS) is 20.3. The Balaban J connectivity index is 0.00000364. The van der Waals surface area contributed by atoms with Crippen LogP contribution < -0.4 is 15.4 Å². The van der Waals surface area contributed by atoms with Gasteiger partial charge in [0.2, 0.25) is 0 Å². The standard InChI is InChI=1S/C20H34N4O2.HI/c1-15-7-6-8-19(11-15)26-18(4)13-23-20(21-5)22-12-16(2)24-9-10-25-14-17(24)3;/h6-8,11,16-18H,9-10,12-14H2,1-5H3,(H2,21,22,23);1H. The maximum atomic E-state index is 5.96. The van der Waals surface area contributed by atoms with E-state index < -0.39 is 0 Å². The van der Waals surface area contributed by atoms with Crippen LogP contribution in [0, 0.1) is 6.92 Å². The predicted molar refractivity (Wildman–Crippen MR) is 122 cm³/mol. The first-order valence-electron chi connectivity index (χ1n) is 9.51. The van der Waals surface area contributed by atoms with Gasteiger partial charge >= 0.3 is 0 Å². The van der Waals surface area contributed by atoms with Gasteiger partial charge in [0.15, 0.2) is 5.96 Å². The molecule has 0 aliphatic carbocycles. The minimum atomic E-state index is 0. The van der Waals surface area contributed by atoms with Gasteiger partial charge in [-0.15, -0.1) is 24.0 Å². The van der Waals surface area contributed by atoms with Crippen molar-refractivity contribution in [1.29, 1.82) is 0 Å². The third-order valence-electron chi connectivity index (χ3n) is 4.66. The molecule has 0 spiro atoms. The van der Waals surface area contributed by atoms with Gasteiger partial charge in [0.1, 0.15) is 11.9 Å². The average molecular weight is 490 g/mol. The number of hydrogen-bond donors (Lipinski definition) is 2. The molecule has 7 heteroatoms. The Morgan fingerprint density at radius 1 is 1.33 bits per heavy atom. The Kier molecular flexibility index (Phi) is 11.0. The molecule has 1 aliphatic heterocycles. The van der Waals surface area contributed by atoms with Gasteiger partial charge in [-0.25, -0.2) is 0 Å². The first-order chi connectivity index (χ1) is 12.5. The van der Waals surface area contributed by atoms with Crippen molar-refractivity contribution in [3.8, 4) is 5.75 Å². The smallest absolute Gasteiger partial charge is 0.191 e. The van der Waals surface area contributed by atoms with Crippen molar-refractivity contribution in [2.24, 2.45) is 4.99 Å². The van der Waals surface area contributed by atoms with Crippen molar-refractivity contribution in [2.75, 3.05) is 39.9 Å². The Labute approximate surface area is 181 Å². The van der Waals surface area contributed by atoms with Crippen molar-refractivity contribution in [3.05, 3.63) is 29.8 Å². The lowest BCUT2D eigenvalue weighted by Crippen LogP contribution is -2.53. The summed E-state index contributed by atoms with van der Waals surface area (Å²) >= 11 is 0. The summed E-state index contributed by atoms with van der Waals surface area (Å²) in [4.78, 5) is 6.79. The van der Waals surface area contributed by atoms with Gasteiger partial charge < -0.3 is 20.1 Å². The van der Waals surface area contributed by atoms with E-state index in [9.17, 15) is 0 Å². The molecule has 2 N–H and O–H groups in total. The predicted octanol–water partition coefficient (Wildman–Crippen LogP) is 2.65. The molecular formula is C20H35IN4O2. The Morgan fingerprint density at radius 2 is 2.07 bits per heavy atom. The molecule has 1 aromatic rings. The van der Waals surface area contributed by atoms with Crippen LogP contribution in [0.4, 0.5) is 0 Å². The number of rotatable bonds is 7. The zero-order valence-electron chi connectivity index (χ0n) is 17.2. The van der Waals surface area contributed by atoms with Crippen molar-refractivity contribution >= 4 is 29.9 Å². The van der Waals surface area contributed by atoms with Crippen LogP contribution in [0.25, 0.3) is 0 Å². The van der Waals surface area contributed by atoms with Crippen molar-refractivity contribution in [2.45, 2.75) is 45.9 Å². The summed E-state index contributed by atoms with van der Waals surface area (Å²) in [7, 11) is 1.80. The number of benzene rings is 1. The molecule has 154 valence electrons. The molecule has 6 nitrogen and oxygen atoms in total. The number of nitrogens with one attached hydrogen (secondary N) is 2. The summed E-state index contributed by atoms with van der Waals surface area (Å²) in [6, 6.07) is 9.00. The SMILES string of the molecule is CN=C(NCC(C)Oc1cccc(C)c1)NCC(C)N1CCOCC1C.I. The van der Waals surface area contributed by atoms with Crippen LogP contribution in [0.5, 0.6) is 5.75 Å². The molecule has 3 unspecified atom stereocenters. The van der Waals surface area contributed by atoms with Gasteiger partial charge in [0, 0.05) is 32.2 Å². The minimum absolute atomic E-state index is 0. The Morgan fingerprint density at radius 3 is 2.74 bits per heavy atom. The molecule has 0 amide bonds. The summed E-state index contributed by atoms with van der Waals surface area (Å²) < 4.78 is 11.5. The van der Waals surface area contributed by atoms with E-state index in [1.165, 1.54) is 5.56 Å². The molecule has 1 saturated heterocycles. The second kappa shape index (κ2) is 12.4. The molecule has 1 aromatic carbocycles. The van der Waals surface area contributed by atoms with E-state index in [4.69, 9.17) is 9.47 Å². The maximum absolute atomic E-state index is 5.96. The summed E-state index contributed by atoms with van der Waals surface area (Å²) in [5, 5.41) is 6.76. The number of guanidine groups is 1. The Bertz CT molecular complexity index is 585. The van der Waals surface area contributed by atoms with E-state index in [0.717, 1.165) is 38.0 Å². The molecule has 3 atom stereocenters. The van der Waals surface area contributed by atoms with Gasteiger partial charge in [0.05, 0.1) is 19.8 Å². The number of aryl methyl sites for hydroxylation is 1. The van der Waals surface area contributed by atoms with Crippen LogP contribution in [0.2, 0.25) is 0 Å². The number of morpholine rings is 1. The second-order valence-electron chi connectivity index (χ2n) is 7.09. The molecule has 1 aliphatic rings. The largest absolute Gasteiger partial charge is 0.489 e. The van der Waals surface area contributed by atoms with E-state index in [0.29, 0.717) is 18.6 Å². The number of nitrogens with zero attached hydrogens (tertiary/aromatic N) is 2. The number of ether oxygens (including phenoxy) is 2. The molecule has 27 heavy (non-hydrogen) atoms. The van der Waals surface area contributed by atoms with E-state index in [1.807, 2.05) is 12.1 Å². The van der Waals surface area contributed by atoms with E-state index in [-0.39, 0.29) is 30.1 Å². The fraction of sp³-hybridized carbons (Fsp3) is 0.650. The molecule has 1 heterocycles. The highest BCUT2D eigenvalue weighted by molar-refractivity contribution is 14.0. The minimum Gasteiger partial charge on any atom is -0.489 e. The van der Waals surface area contributed by atoms with Gasteiger partial charge in [-0.05, 0) is 45.4 Å². The van der Waals surface area contributed by atoms with Gasteiger partial charge in [-0.2, -0.15) is 0 Å². The van der Waals surface area contributed by atoms with Crippen LogP contribution in [0.15, 0.2) is 29.3 Å². The first-order valence-corrected chi connectivity index (χ1v) is 9.51. The molecule has 0 saturated carbocycles. The van der Waals surface area contributed by atoms with Crippen LogP contribution in [0.1, 0.15) is 26.3 Å². The Hall–Kier alpha value is -1.06. The topological polar surface area (TPSA) is 58.1 Å². The maximum Gasteiger partial charge on any atom is 0.191 e. The van der Waals surface area contributed by atoms with Gasteiger partial charge in [0.25, 0.3) is 0 Å². The monoisotopic (exact) mass is 490 g/mol. The van der Waals surface area contributed by atoms with Crippen molar-refractivity contribution in [3.63, 3.8) is 0 Å². The summed E-state index contributed by atoms with van der Waals surface area (Å²) in [6.45, 7) is 12.7. The quantitative estimate of drug-likeness (QED) is 0.350. The summed E-state index contributed by atoms with van der Waals surface area (Å²) in [5.41, 5.74) is 1.20. The summed E-state index contributed by atoms with van der Waals surface area (Å²) in [5.74, 6) is 1.70. The molecule has 0 radical (unpaired) electrons. The first kappa shape index (κ1) is 24.0.